The predicted octanol–water partition coefficient (Wildman–Crippen LogP) is 0.711. The quantitative estimate of drug-likeness (QED) is 0.722. The molecule has 0 fully saturated rings. The summed E-state index contributed by atoms with van der Waals surface area (Å²) in [4.78, 5) is 0. The third kappa shape index (κ3) is 1.26. The van der Waals surface area contributed by atoms with Crippen LogP contribution in [-0.4, -0.2) is 19.6 Å². The van der Waals surface area contributed by atoms with Crippen LogP contribution in [0.2, 0.25) is 0 Å². The summed E-state index contributed by atoms with van der Waals surface area (Å²) in [5.74, 6) is 0.656. The molecule has 0 radical (unpaired) electrons. The minimum atomic E-state index is 0.656. The van der Waals surface area contributed by atoms with Gasteiger partial charge < -0.3 is 5.73 Å². The Kier molecular flexibility index (Phi) is 1.80. The molecule has 0 aliphatic carbocycles. The molecule has 2 N–H and O–H groups in total. The van der Waals surface area contributed by atoms with Gasteiger partial charge in [-0.15, -0.1) is 0 Å². The second-order valence-electron chi connectivity index (χ2n) is 3.38. The molecule has 0 amide bonds. The third-order valence-corrected chi connectivity index (χ3v) is 2.21. The number of nitrogen functional groups attached to an aromatic ring is 1. The van der Waals surface area contributed by atoms with E-state index in [4.69, 9.17) is 5.73 Å². The van der Waals surface area contributed by atoms with Crippen molar-refractivity contribution in [3.63, 3.8) is 0 Å². The van der Waals surface area contributed by atoms with Crippen LogP contribution in [-0.2, 0) is 14.1 Å². The van der Waals surface area contributed by atoms with Gasteiger partial charge in [-0.3, -0.25) is 9.36 Å². The van der Waals surface area contributed by atoms with Crippen molar-refractivity contribution in [3.05, 3.63) is 18.0 Å². The fourth-order valence-electron chi connectivity index (χ4n) is 1.46. The number of anilines is 1. The molecular formula is C9H13N5. The lowest BCUT2D eigenvalue weighted by atomic mass is 10.2. The molecular weight excluding hydrogens is 178 g/mol. The van der Waals surface area contributed by atoms with Crippen LogP contribution in [0.4, 0.5) is 5.82 Å². The van der Waals surface area contributed by atoms with Gasteiger partial charge in [0.05, 0.1) is 11.4 Å². The monoisotopic (exact) mass is 191 g/mol. The van der Waals surface area contributed by atoms with Crippen LogP contribution >= 0.6 is 0 Å². The Morgan fingerprint density at radius 1 is 1.29 bits per heavy atom. The number of hydrogen-bond acceptors (Lipinski definition) is 3. The first-order valence-electron chi connectivity index (χ1n) is 4.38. The molecule has 2 aromatic heterocycles. The number of rotatable bonds is 1. The van der Waals surface area contributed by atoms with Crippen molar-refractivity contribution in [2.24, 2.45) is 14.1 Å². The first kappa shape index (κ1) is 8.80. The molecule has 0 saturated heterocycles. The van der Waals surface area contributed by atoms with Crippen LogP contribution in [0.25, 0.3) is 11.3 Å². The van der Waals surface area contributed by atoms with Gasteiger partial charge in [0.2, 0.25) is 0 Å². The number of nitrogens with two attached hydrogens (primary N) is 1. The lowest BCUT2D eigenvalue weighted by Crippen LogP contribution is -1.96. The van der Waals surface area contributed by atoms with Gasteiger partial charge in [0.15, 0.2) is 0 Å². The summed E-state index contributed by atoms with van der Waals surface area (Å²) < 4.78 is 3.43. The molecule has 0 unspecified atom stereocenters. The Hall–Kier alpha value is -1.78. The van der Waals surface area contributed by atoms with Crippen LogP contribution in [0.1, 0.15) is 5.69 Å². The van der Waals surface area contributed by atoms with E-state index in [1.807, 2.05) is 33.3 Å². The summed E-state index contributed by atoms with van der Waals surface area (Å²) in [6.45, 7) is 1.96. The Labute approximate surface area is 82.1 Å². The van der Waals surface area contributed by atoms with E-state index in [-0.39, 0.29) is 0 Å². The van der Waals surface area contributed by atoms with Crippen molar-refractivity contribution in [2.75, 3.05) is 5.73 Å². The van der Waals surface area contributed by atoms with Crippen molar-refractivity contribution in [1.29, 1.82) is 0 Å². The number of aromatic nitrogens is 4. The molecule has 74 valence electrons. The predicted molar refractivity (Wildman–Crippen MR) is 54.6 cm³/mol. The molecule has 0 aliphatic rings. The maximum Gasteiger partial charge on any atom is 0.121 e. The van der Waals surface area contributed by atoms with Crippen LogP contribution in [0.5, 0.6) is 0 Å². The summed E-state index contributed by atoms with van der Waals surface area (Å²) in [6.07, 6.45) is 1.94. The minimum Gasteiger partial charge on any atom is -0.384 e. The van der Waals surface area contributed by atoms with E-state index in [1.54, 1.807) is 9.36 Å². The second-order valence-corrected chi connectivity index (χ2v) is 3.38. The standard InChI is InChI=1S/C9H13N5/c1-6-7(5-13(2)11-6)8-4-9(10)14(3)12-8/h4-5H,10H2,1-3H3. The first-order valence-corrected chi connectivity index (χ1v) is 4.38. The maximum absolute atomic E-state index is 5.71. The fourth-order valence-corrected chi connectivity index (χ4v) is 1.46. The number of aryl methyl sites for hydroxylation is 3. The number of nitrogens with zero attached hydrogens (tertiary/aromatic N) is 4. The molecule has 14 heavy (non-hydrogen) atoms. The van der Waals surface area contributed by atoms with Crippen molar-refractivity contribution < 1.29 is 0 Å². The lowest BCUT2D eigenvalue weighted by Gasteiger charge is -1.90. The second kappa shape index (κ2) is 2.87. The smallest absolute Gasteiger partial charge is 0.121 e. The summed E-state index contributed by atoms with van der Waals surface area (Å²) in [7, 11) is 3.72. The molecule has 0 bridgehead atoms. The average Bonchev–Trinajstić information content (AvgIpc) is 2.57. The summed E-state index contributed by atoms with van der Waals surface area (Å²) in [5.41, 5.74) is 8.57. The first-order chi connectivity index (χ1) is 6.58. The van der Waals surface area contributed by atoms with Crippen LogP contribution in [0.3, 0.4) is 0 Å². The van der Waals surface area contributed by atoms with Crippen molar-refractivity contribution in [3.8, 4) is 11.3 Å². The molecule has 0 aromatic carbocycles. The Bertz CT molecular complexity index is 446. The molecule has 2 aromatic rings. The van der Waals surface area contributed by atoms with Gasteiger partial charge >= 0.3 is 0 Å². The van der Waals surface area contributed by atoms with Crippen molar-refractivity contribution in [2.45, 2.75) is 6.92 Å². The largest absolute Gasteiger partial charge is 0.384 e. The molecule has 5 heteroatoms. The number of hydrogen-bond donors (Lipinski definition) is 1. The van der Waals surface area contributed by atoms with Gasteiger partial charge in [-0.25, -0.2) is 0 Å². The maximum atomic E-state index is 5.71. The van der Waals surface area contributed by atoms with Gasteiger partial charge in [0, 0.05) is 31.9 Å². The van der Waals surface area contributed by atoms with E-state index in [0.717, 1.165) is 17.0 Å². The zero-order valence-corrected chi connectivity index (χ0v) is 8.52. The zero-order chi connectivity index (χ0) is 10.3. The summed E-state index contributed by atoms with van der Waals surface area (Å²) >= 11 is 0. The lowest BCUT2D eigenvalue weighted by molar-refractivity contribution is 0.756. The fraction of sp³-hybridized carbons (Fsp3) is 0.333. The van der Waals surface area contributed by atoms with Crippen molar-refractivity contribution in [1.82, 2.24) is 19.6 Å². The normalized spacial score (nSPS) is 10.8. The Balaban J connectivity index is 2.54. The van der Waals surface area contributed by atoms with Crippen LogP contribution in [0, 0.1) is 6.92 Å². The highest BCUT2D eigenvalue weighted by Crippen LogP contribution is 2.22. The van der Waals surface area contributed by atoms with E-state index < -0.39 is 0 Å². The molecule has 2 rings (SSSR count). The zero-order valence-electron chi connectivity index (χ0n) is 8.52. The highest BCUT2D eigenvalue weighted by Gasteiger charge is 2.10. The van der Waals surface area contributed by atoms with Crippen LogP contribution < -0.4 is 5.73 Å². The molecule has 5 nitrogen and oxygen atoms in total. The molecule has 2 heterocycles. The van der Waals surface area contributed by atoms with E-state index in [2.05, 4.69) is 10.2 Å². The Morgan fingerprint density at radius 3 is 2.43 bits per heavy atom. The average molecular weight is 191 g/mol. The van der Waals surface area contributed by atoms with E-state index in [9.17, 15) is 0 Å². The van der Waals surface area contributed by atoms with Crippen molar-refractivity contribution >= 4 is 5.82 Å². The third-order valence-electron chi connectivity index (χ3n) is 2.21. The molecule has 0 aliphatic heterocycles. The topological polar surface area (TPSA) is 61.7 Å². The van der Waals surface area contributed by atoms with Gasteiger partial charge in [-0.1, -0.05) is 0 Å². The highest BCUT2D eigenvalue weighted by molar-refractivity contribution is 5.63. The summed E-state index contributed by atoms with van der Waals surface area (Å²) in [6, 6.07) is 1.85. The van der Waals surface area contributed by atoms with Gasteiger partial charge in [0.25, 0.3) is 0 Å². The van der Waals surface area contributed by atoms with Gasteiger partial charge in [-0.2, -0.15) is 10.2 Å². The SMILES string of the molecule is Cc1nn(C)cc1-c1cc(N)n(C)n1. The molecule has 0 spiro atoms. The van der Waals surface area contributed by atoms with Gasteiger partial charge in [0.1, 0.15) is 5.82 Å². The van der Waals surface area contributed by atoms with E-state index >= 15 is 0 Å². The van der Waals surface area contributed by atoms with Gasteiger partial charge in [-0.05, 0) is 6.92 Å². The Morgan fingerprint density at radius 2 is 2.00 bits per heavy atom. The highest BCUT2D eigenvalue weighted by atomic mass is 15.3. The minimum absolute atomic E-state index is 0.656. The van der Waals surface area contributed by atoms with Crippen LogP contribution in [0.15, 0.2) is 12.3 Å². The molecule has 0 atom stereocenters. The summed E-state index contributed by atoms with van der Waals surface area (Å²) in [5, 5.41) is 8.55. The molecule has 0 saturated carbocycles. The van der Waals surface area contributed by atoms with E-state index in [0.29, 0.717) is 5.82 Å². The van der Waals surface area contributed by atoms with E-state index in [1.165, 1.54) is 0 Å².